The van der Waals surface area contributed by atoms with Crippen molar-refractivity contribution in [2.45, 2.75) is 46.3 Å². The second-order valence-electron chi connectivity index (χ2n) is 5.25. The molecule has 0 bridgehead atoms. The number of amides is 1. The van der Waals surface area contributed by atoms with Gasteiger partial charge in [0.05, 0.1) is 6.10 Å². The van der Waals surface area contributed by atoms with Crippen molar-refractivity contribution >= 4 is 11.9 Å². The van der Waals surface area contributed by atoms with E-state index < -0.39 is 17.9 Å². The highest BCUT2D eigenvalue weighted by molar-refractivity contribution is 5.96. The monoisotopic (exact) mass is 294 g/mol. The normalized spacial score (nSPS) is 13.6. The molecule has 1 aromatic heterocycles. The van der Waals surface area contributed by atoms with Crippen LogP contribution in [-0.2, 0) is 4.79 Å². The molecule has 2 atom stereocenters. The van der Waals surface area contributed by atoms with Crippen LogP contribution in [0.15, 0.2) is 18.3 Å². The quantitative estimate of drug-likeness (QED) is 0.804. The van der Waals surface area contributed by atoms with Gasteiger partial charge in [-0.25, -0.2) is 9.78 Å². The number of carboxylic acid groups (broad SMARTS) is 1. The Morgan fingerprint density at radius 2 is 2.05 bits per heavy atom. The van der Waals surface area contributed by atoms with Crippen LogP contribution in [0.25, 0.3) is 0 Å². The molecule has 6 nitrogen and oxygen atoms in total. The molecule has 2 N–H and O–H groups in total. The number of nitrogens with one attached hydrogen (secondary N) is 1. The maximum atomic E-state index is 12.1. The number of aromatic nitrogens is 1. The van der Waals surface area contributed by atoms with Gasteiger partial charge in [0.2, 0.25) is 5.88 Å². The maximum Gasteiger partial charge on any atom is 0.326 e. The predicted molar refractivity (Wildman–Crippen MR) is 78.3 cm³/mol. The number of rotatable bonds is 7. The molecule has 1 heterocycles. The third kappa shape index (κ3) is 5.06. The minimum Gasteiger partial charge on any atom is -0.480 e. The van der Waals surface area contributed by atoms with Crippen molar-refractivity contribution in [3.05, 3.63) is 23.9 Å². The van der Waals surface area contributed by atoms with Gasteiger partial charge in [0, 0.05) is 17.8 Å². The molecule has 6 heteroatoms. The third-order valence-corrected chi connectivity index (χ3v) is 3.11. The van der Waals surface area contributed by atoms with E-state index in [0.29, 0.717) is 11.4 Å². The fourth-order valence-corrected chi connectivity index (χ4v) is 1.64. The number of carbonyl (C=O) groups is 2. The van der Waals surface area contributed by atoms with E-state index in [4.69, 9.17) is 9.84 Å². The summed E-state index contributed by atoms with van der Waals surface area (Å²) in [5, 5.41) is 11.6. The molecule has 0 spiro atoms. The zero-order valence-corrected chi connectivity index (χ0v) is 12.8. The predicted octanol–water partition coefficient (Wildman–Crippen LogP) is 2.10. The van der Waals surface area contributed by atoms with E-state index in [-0.39, 0.29) is 12.0 Å². The molecule has 0 aliphatic heterocycles. The van der Waals surface area contributed by atoms with Crippen molar-refractivity contribution in [3.63, 3.8) is 0 Å². The Kier molecular flexibility index (Phi) is 6.14. The van der Waals surface area contributed by atoms with Crippen LogP contribution in [0, 0.1) is 5.92 Å². The van der Waals surface area contributed by atoms with Gasteiger partial charge in [-0.1, -0.05) is 20.8 Å². The summed E-state index contributed by atoms with van der Waals surface area (Å²) < 4.78 is 5.55. The van der Waals surface area contributed by atoms with Crippen LogP contribution in [0.4, 0.5) is 0 Å². The van der Waals surface area contributed by atoms with Gasteiger partial charge in [-0.05, 0) is 25.3 Å². The zero-order chi connectivity index (χ0) is 16.0. The second kappa shape index (κ2) is 7.61. The third-order valence-electron chi connectivity index (χ3n) is 3.11. The average molecular weight is 294 g/mol. The first-order chi connectivity index (χ1) is 9.85. The van der Waals surface area contributed by atoms with Gasteiger partial charge in [0.15, 0.2) is 0 Å². The Labute approximate surface area is 124 Å². The maximum absolute atomic E-state index is 12.1. The van der Waals surface area contributed by atoms with E-state index in [1.54, 1.807) is 13.8 Å². The van der Waals surface area contributed by atoms with Gasteiger partial charge in [-0.15, -0.1) is 0 Å². The van der Waals surface area contributed by atoms with E-state index in [0.717, 1.165) is 6.42 Å². The van der Waals surface area contributed by atoms with Crippen LogP contribution in [-0.4, -0.2) is 34.1 Å². The molecule has 0 aliphatic rings. The van der Waals surface area contributed by atoms with E-state index in [1.807, 2.05) is 13.8 Å². The SMILES string of the molecule is CCC(C)Oc1cc(C(=O)NC(C(=O)O)C(C)C)ccn1. The lowest BCUT2D eigenvalue weighted by Crippen LogP contribution is -2.44. The number of aliphatic carboxylic acids is 1. The smallest absolute Gasteiger partial charge is 0.326 e. The molecule has 1 aromatic rings. The lowest BCUT2D eigenvalue weighted by molar-refractivity contribution is -0.140. The van der Waals surface area contributed by atoms with Crippen LogP contribution >= 0.6 is 0 Å². The molecule has 0 saturated carbocycles. The molecule has 2 unspecified atom stereocenters. The fraction of sp³-hybridized carbons (Fsp3) is 0.533. The number of ether oxygens (including phenoxy) is 1. The molecule has 1 amide bonds. The Hall–Kier alpha value is -2.11. The summed E-state index contributed by atoms with van der Waals surface area (Å²) >= 11 is 0. The van der Waals surface area contributed by atoms with Crippen LogP contribution in [0.3, 0.4) is 0 Å². The molecular weight excluding hydrogens is 272 g/mol. The van der Waals surface area contributed by atoms with Gasteiger partial charge in [-0.2, -0.15) is 0 Å². The Morgan fingerprint density at radius 3 is 2.57 bits per heavy atom. The molecule has 0 aromatic carbocycles. The summed E-state index contributed by atoms with van der Waals surface area (Å²) in [5.74, 6) is -1.35. The Bertz CT molecular complexity index is 502. The second-order valence-corrected chi connectivity index (χ2v) is 5.25. The van der Waals surface area contributed by atoms with E-state index >= 15 is 0 Å². The average Bonchev–Trinajstić information content (AvgIpc) is 2.43. The molecule has 1 rings (SSSR count). The fourth-order valence-electron chi connectivity index (χ4n) is 1.64. The Morgan fingerprint density at radius 1 is 1.38 bits per heavy atom. The molecule has 0 radical (unpaired) electrons. The minimum atomic E-state index is -1.05. The number of nitrogens with zero attached hydrogens (tertiary/aromatic N) is 1. The van der Waals surface area contributed by atoms with Crippen molar-refractivity contribution in [2.75, 3.05) is 0 Å². The van der Waals surface area contributed by atoms with Gasteiger partial charge in [-0.3, -0.25) is 4.79 Å². The summed E-state index contributed by atoms with van der Waals surface area (Å²) in [6, 6.07) is 2.11. The van der Waals surface area contributed by atoms with E-state index in [2.05, 4.69) is 10.3 Å². The van der Waals surface area contributed by atoms with Gasteiger partial charge < -0.3 is 15.2 Å². The molecular formula is C15H22N2O4. The number of hydrogen-bond donors (Lipinski definition) is 2. The van der Waals surface area contributed by atoms with Gasteiger partial charge in [0.25, 0.3) is 5.91 Å². The van der Waals surface area contributed by atoms with Crippen molar-refractivity contribution < 1.29 is 19.4 Å². The largest absolute Gasteiger partial charge is 0.480 e. The topological polar surface area (TPSA) is 88.5 Å². The molecule has 0 saturated heterocycles. The minimum absolute atomic E-state index is 0.00163. The van der Waals surface area contributed by atoms with Crippen molar-refractivity contribution in [1.29, 1.82) is 0 Å². The molecule has 0 aliphatic carbocycles. The van der Waals surface area contributed by atoms with Crippen molar-refractivity contribution in [1.82, 2.24) is 10.3 Å². The number of hydrogen-bond acceptors (Lipinski definition) is 4. The van der Waals surface area contributed by atoms with Gasteiger partial charge >= 0.3 is 5.97 Å². The first-order valence-electron chi connectivity index (χ1n) is 7.01. The number of carboxylic acids is 1. The highest BCUT2D eigenvalue weighted by Gasteiger charge is 2.24. The Balaban J connectivity index is 2.83. The lowest BCUT2D eigenvalue weighted by Gasteiger charge is -2.18. The number of carbonyl (C=O) groups excluding carboxylic acids is 1. The van der Waals surface area contributed by atoms with Gasteiger partial charge in [0.1, 0.15) is 6.04 Å². The standard InChI is InChI=1S/C15H22N2O4/c1-5-10(4)21-12-8-11(6-7-16-12)14(18)17-13(9(2)3)15(19)20/h6-10,13H,5H2,1-4H3,(H,17,18)(H,19,20). The molecule has 116 valence electrons. The summed E-state index contributed by atoms with van der Waals surface area (Å²) in [6.07, 6.45) is 2.29. The number of pyridine rings is 1. The summed E-state index contributed by atoms with van der Waals surface area (Å²) in [7, 11) is 0. The summed E-state index contributed by atoms with van der Waals surface area (Å²) in [4.78, 5) is 27.3. The molecule has 21 heavy (non-hydrogen) atoms. The first-order valence-corrected chi connectivity index (χ1v) is 7.01. The van der Waals surface area contributed by atoms with Crippen molar-refractivity contribution in [2.24, 2.45) is 5.92 Å². The molecule has 0 fully saturated rings. The zero-order valence-electron chi connectivity index (χ0n) is 12.8. The first kappa shape index (κ1) is 16.9. The van der Waals surface area contributed by atoms with Crippen molar-refractivity contribution in [3.8, 4) is 5.88 Å². The summed E-state index contributed by atoms with van der Waals surface area (Å²) in [5.41, 5.74) is 0.329. The summed E-state index contributed by atoms with van der Waals surface area (Å²) in [6.45, 7) is 7.38. The van der Waals surface area contributed by atoms with E-state index in [9.17, 15) is 9.59 Å². The van der Waals surface area contributed by atoms with E-state index in [1.165, 1.54) is 18.3 Å². The van der Waals surface area contributed by atoms with Crippen LogP contribution in [0.5, 0.6) is 5.88 Å². The highest BCUT2D eigenvalue weighted by Crippen LogP contribution is 2.13. The highest BCUT2D eigenvalue weighted by atomic mass is 16.5. The van der Waals surface area contributed by atoms with Crippen LogP contribution in [0.1, 0.15) is 44.5 Å². The van der Waals surface area contributed by atoms with Crippen LogP contribution in [0.2, 0.25) is 0 Å². The lowest BCUT2D eigenvalue weighted by atomic mass is 10.0. The van der Waals surface area contributed by atoms with Crippen LogP contribution < -0.4 is 10.1 Å².